The Bertz CT molecular complexity index is 1320. The van der Waals surface area contributed by atoms with Crippen molar-refractivity contribution < 1.29 is 14.3 Å². The molecule has 2 aliphatic rings. The van der Waals surface area contributed by atoms with Crippen molar-refractivity contribution in [2.75, 3.05) is 14.2 Å². The highest BCUT2D eigenvalue weighted by atomic mass is 35.5. The molecule has 0 amide bonds. The molecule has 0 radical (unpaired) electrons. The molecule has 0 aromatic heterocycles. The van der Waals surface area contributed by atoms with Crippen molar-refractivity contribution in [3.05, 3.63) is 93.5 Å². The van der Waals surface area contributed by atoms with E-state index in [1.165, 1.54) is 18.4 Å². The van der Waals surface area contributed by atoms with Gasteiger partial charge in [-0.2, -0.15) is 0 Å². The molecule has 1 aliphatic heterocycles. The normalized spacial score (nSPS) is 19.1. The second-order valence-electron chi connectivity index (χ2n) is 9.39. The predicted molar refractivity (Wildman–Crippen MR) is 145 cm³/mol. The molecule has 36 heavy (non-hydrogen) atoms. The second kappa shape index (κ2) is 10.8. The van der Waals surface area contributed by atoms with Gasteiger partial charge >= 0.3 is 0 Å². The molecule has 5 rings (SSSR count). The summed E-state index contributed by atoms with van der Waals surface area (Å²) >= 11 is 6.07. The summed E-state index contributed by atoms with van der Waals surface area (Å²) < 4.78 is 11.3. The standard InChI is InChI=1S/C30H31ClN2O3/c1-19(33-36-18-20-8-6-11-23(31)14-20)21-9-7-10-22(15-21)30-26-17-29(35-3)28(34-2)16-25(26)24-12-4-5-13-27(24)32-30/h6-11,14-17,24,27H,4-5,12-13,18H2,1-3H3/t24-,27-/m1/s1. The zero-order valence-electron chi connectivity index (χ0n) is 21.0. The van der Waals surface area contributed by atoms with Crippen molar-refractivity contribution in [3.8, 4) is 11.5 Å². The number of hydrogen-bond acceptors (Lipinski definition) is 5. The number of ether oxygens (including phenoxy) is 2. The Kier molecular flexibility index (Phi) is 7.28. The van der Waals surface area contributed by atoms with Crippen LogP contribution < -0.4 is 9.47 Å². The van der Waals surface area contributed by atoms with Crippen LogP contribution in [0.25, 0.3) is 0 Å². The van der Waals surface area contributed by atoms with E-state index in [0.717, 1.165) is 58.0 Å². The Morgan fingerprint density at radius 1 is 0.972 bits per heavy atom. The van der Waals surface area contributed by atoms with Gasteiger partial charge in [0, 0.05) is 22.1 Å². The summed E-state index contributed by atoms with van der Waals surface area (Å²) in [5.74, 6) is 1.92. The molecule has 0 unspecified atom stereocenters. The first-order chi connectivity index (χ1) is 17.6. The Balaban J connectivity index is 1.46. The van der Waals surface area contributed by atoms with Gasteiger partial charge in [0.05, 0.1) is 31.7 Å². The van der Waals surface area contributed by atoms with Crippen LogP contribution in [0.2, 0.25) is 5.02 Å². The van der Waals surface area contributed by atoms with Crippen LogP contribution in [0.4, 0.5) is 0 Å². The summed E-state index contributed by atoms with van der Waals surface area (Å²) in [7, 11) is 3.37. The summed E-state index contributed by atoms with van der Waals surface area (Å²) in [5.41, 5.74) is 7.28. The van der Waals surface area contributed by atoms with Gasteiger partial charge < -0.3 is 14.3 Å². The van der Waals surface area contributed by atoms with Gasteiger partial charge in [0.1, 0.15) is 6.61 Å². The molecule has 0 saturated heterocycles. The van der Waals surface area contributed by atoms with Crippen molar-refractivity contribution in [3.63, 3.8) is 0 Å². The summed E-state index contributed by atoms with van der Waals surface area (Å²) in [6.07, 6.45) is 4.72. The second-order valence-corrected chi connectivity index (χ2v) is 9.83. The van der Waals surface area contributed by atoms with Crippen molar-refractivity contribution >= 4 is 23.0 Å². The first kappa shape index (κ1) is 24.4. The highest BCUT2D eigenvalue weighted by molar-refractivity contribution is 6.30. The maximum absolute atomic E-state index is 6.07. The molecular formula is C30H31ClN2O3. The molecule has 0 bridgehead atoms. The molecule has 2 atom stereocenters. The van der Waals surface area contributed by atoms with Gasteiger partial charge in [-0.25, -0.2) is 0 Å². The van der Waals surface area contributed by atoms with Crippen LogP contribution in [0.5, 0.6) is 11.5 Å². The van der Waals surface area contributed by atoms with E-state index >= 15 is 0 Å². The van der Waals surface area contributed by atoms with Crippen LogP contribution in [-0.2, 0) is 11.4 Å². The zero-order chi connectivity index (χ0) is 25.1. The number of rotatable bonds is 7. The number of aliphatic imine (C=N–C) groups is 1. The summed E-state index contributed by atoms with van der Waals surface area (Å²) in [6.45, 7) is 2.32. The third kappa shape index (κ3) is 4.98. The number of halogens is 1. The molecule has 1 heterocycles. The molecule has 0 spiro atoms. The average molecular weight is 503 g/mol. The van der Waals surface area contributed by atoms with Gasteiger partial charge in [-0.15, -0.1) is 0 Å². The van der Waals surface area contributed by atoms with E-state index < -0.39 is 0 Å². The van der Waals surface area contributed by atoms with Gasteiger partial charge in [-0.3, -0.25) is 4.99 Å². The summed E-state index contributed by atoms with van der Waals surface area (Å²) in [4.78, 5) is 10.9. The SMILES string of the molecule is COc1cc2c(cc1OC)[C@H]1CCCC[C@H]1N=C2c1cccc(C(C)=NOCc2cccc(Cl)c2)c1. The first-order valence-electron chi connectivity index (χ1n) is 12.4. The van der Waals surface area contributed by atoms with Gasteiger partial charge in [0.15, 0.2) is 11.5 Å². The number of fused-ring (bicyclic) bond motifs is 3. The van der Waals surface area contributed by atoms with Crippen LogP contribution in [0.1, 0.15) is 66.3 Å². The monoisotopic (exact) mass is 502 g/mol. The van der Waals surface area contributed by atoms with Gasteiger partial charge in [-0.1, -0.05) is 59.9 Å². The number of benzene rings is 3. The molecular weight excluding hydrogens is 472 g/mol. The fraction of sp³-hybridized carbons (Fsp3) is 0.333. The summed E-state index contributed by atoms with van der Waals surface area (Å²) in [6, 6.07) is 20.5. The van der Waals surface area contributed by atoms with E-state index in [-0.39, 0.29) is 0 Å². The predicted octanol–water partition coefficient (Wildman–Crippen LogP) is 7.18. The number of nitrogens with zero attached hydrogens (tertiary/aromatic N) is 2. The Hall–Kier alpha value is -3.31. The van der Waals surface area contributed by atoms with Gasteiger partial charge in [-0.05, 0) is 66.8 Å². The lowest BCUT2D eigenvalue weighted by Crippen LogP contribution is -2.29. The highest BCUT2D eigenvalue weighted by Gasteiger charge is 2.34. The third-order valence-electron chi connectivity index (χ3n) is 7.11. The van der Waals surface area contributed by atoms with E-state index in [1.807, 2.05) is 37.3 Å². The van der Waals surface area contributed by atoms with E-state index in [2.05, 4.69) is 35.5 Å². The van der Waals surface area contributed by atoms with Crippen LogP contribution in [0.3, 0.4) is 0 Å². The highest BCUT2D eigenvalue weighted by Crippen LogP contribution is 2.44. The fourth-order valence-corrected chi connectivity index (χ4v) is 5.49. The Morgan fingerprint density at radius 2 is 1.75 bits per heavy atom. The van der Waals surface area contributed by atoms with Gasteiger partial charge in [0.2, 0.25) is 0 Å². The van der Waals surface area contributed by atoms with E-state index in [0.29, 0.717) is 23.6 Å². The number of methoxy groups -OCH3 is 2. The van der Waals surface area contributed by atoms with Crippen LogP contribution in [-0.4, -0.2) is 31.7 Å². The lowest BCUT2D eigenvalue weighted by atomic mass is 9.75. The molecule has 1 saturated carbocycles. The van der Waals surface area contributed by atoms with Crippen LogP contribution in [0.15, 0.2) is 70.8 Å². The average Bonchev–Trinajstić information content (AvgIpc) is 2.91. The van der Waals surface area contributed by atoms with Crippen molar-refractivity contribution in [1.29, 1.82) is 0 Å². The molecule has 186 valence electrons. The minimum atomic E-state index is 0.291. The van der Waals surface area contributed by atoms with Crippen molar-refractivity contribution in [2.45, 2.75) is 51.2 Å². The van der Waals surface area contributed by atoms with Crippen LogP contribution >= 0.6 is 11.6 Å². The largest absolute Gasteiger partial charge is 0.493 e. The number of hydrogen-bond donors (Lipinski definition) is 0. The first-order valence-corrected chi connectivity index (χ1v) is 12.8. The minimum Gasteiger partial charge on any atom is -0.493 e. The maximum atomic E-state index is 6.07. The lowest BCUT2D eigenvalue weighted by molar-refractivity contribution is 0.130. The topological polar surface area (TPSA) is 52.4 Å². The smallest absolute Gasteiger partial charge is 0.161 e. The van der Waals surface area contributed by atoms with E-state index in [1.54, 1.807) is 14.2 Å². The quantitative estimate of drug-likeness (QED) is 0.254. The van der Waals surface area contributed by atoms with Gasteiger partial charge in [0.25, 0.3) is 0 Å². The molecule has 6 heteroatoms. The van der Waals surface area contributed by atoms with Crippen molar-refractivity contribution in [1.82, 2.24) is 0 Å². The lowest BCUT2D eigenvalue weighted by Gasteiger charge is -2.35. The number of oxime groups is 1. The minimum absolute atomic E-state index is 0.291. The fourth-order valence-electron chi connectivity index (χ4n) is 5.28. The Morgan fingerprint density at radius 3 is 2.56 bits per heavy atom. The zero-order valence-corrected chi connectivity index (χ0v) is 21.7. The molecule has 5 nitrogen and oxygen atoms in total. The molecule has 3 aromatic rings. The molecule has 1 fully saturated rings. The summed E-state index contributed by atoms with van der Waals surface area (Å²) in [5, 5.41) is 5.05. The van der Waals surface area contributed by atoms with Crippen LogP contribution in [0, 0.1) is 0 Å². The van der Waals surface area contributed by atoms with E-state index in [4.69, 9.17) is 30.9 Å². The van der Waals surface area contributed by atoms with Crippen molar-refractivity contribution in [2.24, 2.45) is 10.1 Å². The molecule has 0 N–H and O–H groups in total. The molecule has 1 aliphatic carbocycles. The molecule has 3 aromatic carbocycles. The third-order valence-corrected chi connectivity index (χ3v) is 7.35. The van der Waals surface area contributed by atoms with E-state index in [9.17, 15) is 0 Å². The Labute approximate surface area is 217 Å². The maximum Gasteiger partial charge on any atom is 0.161 e.